The molecule has 0 aliphatic heterocycles. The monoisotopic (exact) mass is 287 g/mol. The summed E-state index contributed by atoms with van der Waals surface area (Å²) in [6.07, 6.45) is 1.61. The van der Waals surface area contributed by atoms with Gasteiger partial charge in [0.25, 0.3) is 5.91 Å². The topological polar surface area (TPSA) is 84.2 Å². The van der Waals surface area contributed by atoms with E-state index < -0.39 is 11.9 Å². The molecule has 6 heteroatoms. The number of nitrogens with one attached hydrogen (secondary N) is 1. The van der Waals surface area contributed by atoms with Crippen molar-refractivity contribution in [2.45, 2.75) is 12.8 Å². The zero-order valence-corrected chi connectivity index (χ0v) is 11.9. The molecule has 0 saturated carbocycles. The van der Waals surface area contributed by atoms with Crippen LogP contribution in [0, 0.1) is 6.92 Å². The molecule has 0 radical (unpaired) electrons. The number of carbonyl (C=O) groups excluding carboxylic acids is 1. The van der Waals surface area contributed by atoms with Crippen LogP contribution in [-0.2, 0) is 11.8 Å². The van der Waals surface area contributed by atoms with E-state index in [1.54, 1.807) is 49.1 Å². The smallest absolute Gasteiger partial charge is 0.312 e. The Kier molecular flexibility index (Phi) is 4.37. The van der Waals surface area contributed by atoms with E-state index in [2.05, 4.69) is 10.4 Å². The van der Waals surface area contributed by atoms with Crippen LogP contribution in [0.25, 0.3) is 0 Å². The lowest BCUT2D eigenvalue weighted by molar-refractivity contribution is -0.138. The Morgan fingerprint density at radius 2 is 2.00 bits per heavy atom. The van der Waals surface area contributed by atoms with Crippen molar-refractivity contribution < 1.29 is 14.7 Å². The van der Waals surface area contributed by atoms with Crippen LogP contribution < -0.4 is 5.32 Å². The standard InChI is InChI=1S/C15H17N3O3/c1-10-13(9-18(2)17-10)14(19)16-8-12(15(20)21)11-6-4-3-5-7-11/h3-7,9,12H,8H2,1-2H3,(H,16,19)(H,20,21). The average Bonchev–Trinajstić information content (AvgIpc) is 2.78. The lowest BCUT2D eigenvalue weighted by Crippen LogP contribution is -2.31. The average molecular weight is 287 g/mol. The van der Waals surface area contributed by atoms with Gasteiger partial charge in [-0.2, -0.15) is 5.10 Å². The van der Waals surface area contributed by atoms with Crippen LogP contribution in [-0.4, -0.2) is 33.3 Å². The molecule has 2 aromatic rings. The second kappa shape index (κ2) is 6.21. The molecular formula is C15H17N3O3. The fraction of sp³-hybridized carbons (Fsp3) is 0.267. The van der Waals surface area contributed by atoms with E-state index in [4.69, 9.17) is 0 Å². The number of aryl methyl sites for hydroxylation is 2. The van der Waals surface area contributed by atoms with Gasteiger partial charge in [0.2, 0.25) is 0 Å². The summed E-state index contributed by atoms with van der Waals surface area (Å²) in [5.74, 6) is -2.06. The number of aliphatic carboxylic acids is 1. The van der Waals surface area contributed by atoms with Crippen molar-refractivity contribution >= 4 is 11.9 Å². The maximum Gasteiger partial charge on any atom is 0.312 e. The number of carboxylic acids is 1. The minimum absolute atomic E-state index is 0.0342. The second-order valence-corrected chi connectivity index (χ2v) is 4.81. The number of benzene rings is 1. The van der Waals surface area contributed by atoms with E-state index in [1.807, 2.05) is 6.07 Å². The van der Waals surface area contributed by atoms with Gasteiger partial charge in [-0.3, -0.25) is 14.3 Å². The van der Waals surface area contributed by atoms with Gasteiger partial charge in [-0.1, -0.05) is 30.3 Å². The molecule has 0 spiro atoms. The second-order valence-electron chi connectivity index (χ2n) is 4.81. The van der Waals surface area contributed by atoms with Crippen molar-refractivity contribution in [3.63, 3.8) is 0 Å². The van der Waals surface area contributed by atoms with Crippen LogP contribution >= 0.6 is 0 Å². The molecule has 1 atom stereocenters. The van der Waals surface area contributed by atoms with E-state index in [9.17, 15) is 14.7 Å². The number of hydrogen-bond donors (Lipinski definition) is 2. The Balaban J connectivity index is 2.08. The summed E-state index contributed by atoms with van der Waals surface area (Å²) in [6, 6.07) is 8.84. The largest absolute Gasteiger partial charge is 0.481 e. The summed E-state index contributed by atoms with van der Waals surface area (Å²) in [6.45, 7) is 1.77. The van der Waals surface area contributed by atoms with E-state index in [-0.39, 0.29) is 12.5 Å². The molecule has 0 fully saturated rings. The molecule has 1 aromatic heterocycles. The Bertz CT molecular complexity index is 649. The molecule has 110 valence electrons. The normalized spacial score (nSPS) is 11.9. The van der Waals surface area contributed by atoms with Crippen molar-refractivity contribution in [3.8, 4) is 0 Å². The van der Waals surface area contributed by atoms with E-state index in [1.165, 1.54) is 0 Å². The molecule has 1 amide bonds. The molecule has 0 aliphatic carbocycles. The fourth-order valence-electron chi connectivity index (χ4n) is 2.15. The van der Waals surface area contributed by atoms with Crippen LogP contribution in [0.5, 0.6) is 0 Å². The third kappa shape index (κ3) is 3.47. The van der Waals surface area contributed by atoms with Crippen LogP contribution in [0.3, 0.4) is 0 Å². The summed E-state index contributed by atoms with van der Waals surface area (Å²) in [4.78, 5) is 23.4. The van der Waals surface area contributed by atoms with Crippen molar-refractivity contribution in [2.24, 2.45) is 7.05 Å². The van der Waals surface area contributed by atoms with Crippen molar-refractivity contribution in [2.75, 3.05) is 6.54 Å². The minimum Gasteiger partial charge on any atom is -0.481 e. The number of amides is 1. The summed E-state index contributed by atoms with van der Waals surface area (Å²) in [5, 5.41) is 16.1. The van der Waals surface area contributed by atoms with Gasteiger partial charge in [0.05, 0.1) is 17.2 Å². The van der Waals surface area contributed by atoms with Gasteiger partial charge in [-0.25, -0.2) is 0 Å². The number of carboxylic acid groups (broad SMARTS) is 1. The molecule has 0 aliphatic rings. The summed E-state index contributed by atoms with van der Waals surface area (Å²) in [7, 11) is 1.73. The first-order valence-corrected chi connectivity index (χ1v) is 6.55. The maximum atomic E-state index is 12.1. The summed E-state index contributed by atoms with van der Waals surface area (Å²) >= 11 is 0. The first kappa shape index (κ1) is 14.8. The Morgan fingerprint density at radius 3 is 2.52 bits per heavy atom. The van der Waals surface area contributed by atoms with Gasteiger partial charge in [-0.05, 0) is 12.5 Å². The highest BCUT2D eigenvalue weighted by Crippen LogP contribution is 2.15. The Morgan fingerprint density at radius 1 is 1.33 bits per heavy atom. The van der Waals surface area contributed by atoms with Gasteiger partial charge < -0.3 is 10.4 Å². The summed E-state index contributed by atoms with van der Waals surface area (Å²) in [5.41, 5.74) is 1.73. The quantitative estimate of drug-likeness (QED) is 0.869. The van der Waals surface area contributed by atoms with Crippen molar-refractivity contribution in [1.29, 1.82) is 0 Å². The summed E-state index contributed by atoms with van der Waals surface area (Å²) < 4.78 is 1.55. The van der Waals surface area contributed by atoms with Gasteiger partial charge in [0, 0.05) is 19.8 Å². The number of hydrogen-bond acceptors (Lipinski definition) is 3. The van der Waals surface area contributed by atoms with Crippen LogP contribution in [0.2, 0.25) is 0 Å². The van der Waals surface area contributed by atoms with E-state index in [0.29, 0.717) is 16.8 Å². The predicted octanol–water partition coefficient (Wildman–Crippen LogP) is 1.33. The predicted molar refractivity (Wildman–Crippen MR) is 77.1 cm³/mol. The van der Waals surface area contributed by atoms with Crippen LogP contribution in [0.1, 0.15) is 27.5 Å². The first-order chi connectivity index (χ1) is 9.99. The lowest BCUT2D eigenvalue weighted by Gasteiger charge is -2.13. The van der Waals surface area contributed by atoms with Crippen molar-refractivity contribution in [1.82, 2.24) is 15.1 Å². The van der Waals surface area contributed by atoms with Gasteiger partial charge in [0.15, 0.2) is 0 Å². The number of carbonyl (C=O) groups is 2. The Hall–Kier alpha value is -2.63. The molecular weight excluding hydrogens is 270 g/mol. The number of aromatic nitrogens is 2. The minimum atomic E-state index is -0.968. The van der Waals surface area contributed by atoms with Gasteiger partial charge in [0.1, 0.15) is 0 Å². The molecule has 6 nitrogen and oxygen atoms in total. The molecule has 2 N–H and O–H groups in total. The molecule has 0 bridgehead atoms. The van der Waals surface area contributed by atoms with E-state index >= 15 is 0 Å². The Labute approximate surface area is 122 Å². The highest BCUT2D eigenvalue weighted by atomic mass is 16.4. The molecule has 0 saturated heterocycles. The fourth-order valence-corrected chi connectivity index (χ4v) is 2.15. The van der Waals surface area contributed by atoms with Crippen molar-refractivity contribution in [3.05, 3.63) is 53.3 Å². The molecule has 1 heterocycles. The van der Waals surface area contributed by atoms with Crippen LogP contribution in [0.15, 0.2) is 36.5 Å². The first-order valence-electron chi connectivity index (χ1n) is 6.55. The van der Waals surface area contributed by atoms with Gasteiger partial charge in [-0.15, -0.1) is 0 Å². The van der Waals surface area contributed by atoms with E-state index in [0.717, 1.165) is 0 Å². The van der Waals surface area contributed by atoms with Gasteiger partial charge >= 0.3 is 5.97 Å². The molecule has 2 rings (SSSR count). The highest BCUT2D eigenvalue weighted by molar-refractivity contribution is 5.95. The number of rotatable bonds is 5. The lowest BCUT2D eigenvalue weighted by atomic mass is 9.99. The maximum absolute atomic E-state index is 12.1. The SMILES string of the molecule is Cc1nn(C)cc1C(=O)NCC(C(=O)O)c1ccccc1. The number of nitrogens with zero attached hydrogens (tertiary/aromatic N) is 2. The highest BCUT2D eigenvalue weighted by Gasteiger charge is 2.21. The third-order valence-corrected chi connectivity index (χ3v) is 3.22. The molecule has 1 aromatic carbocycles. The molecule has 21 heavy (non-hydrogen) atoms. The zero-order chi connectivity index (χ0) is 15.4. The van der Waals surface area contributed by atoms with Crippen LogP contribution in [0.4, 0.5) is 0 Å². The third-order valence-electron chi connectivity index (χ3n) is 3.22. The zero-order valence-electron chi connectivity index (χ0n) is 11.9. The molecule has 1 unspecified atom stereocenters.